The van der Waals surface area contributed by atoms with Gasteiger partial charge in [-0.1, -0.05) is 65.8 Å². The molecule has 27 heavy (non-hydrogen) atoms. The van der Waals surface area contributed by atoms with Crippen molar-refractivity contribution >= 4 is 5.91 Å². The van der Waals surface area contributed by atoms with Crippen LogP contribution in [0.15, 0.2) is 65.2 Å². The molecule has 1 aliphatic heterocycles. The van der Waals surface area contributed by atoms with Gasteiger partial charge in [0.1, 0.15) is 6.04 Å². The van der Waals surface area contributed by atoms with Crippen LogP contribution < -0.4 is 0 Å². The second-order valence-electron chi connectivity index (χ2n) is 6.91. The van der Waals surface area contributed by atoms with Crippen LogP contribution in [-0.4, -0.2) is 27.5 Å². The molecule has 0 spiro atoms. The summed E-state index contributed by atoms with van der Waals surface area (Å²) in [6.45, 7) is 0.751. The first kappa shape index (κ1) is 17.5. The Labute approximate surface area is 159 Å². The van der Waals surface area contributed by atoms with E-state index < -0.39 is 0 Å². The molecule has 0 radical (unpaired) electrons. The van der Waals surface area contributed by atoms with Crippen LogP contribution in [0.25, 0.3) is 11.4 Å². The van der Waals surface area contributed by atoms with Gasteiger partial charge in [0.15, 0.2) is 0 Å². The van der Waals surface area contributed by atoms with Crippen LogP contribution in [-0.2, 0) is 11.2 Å². The van der Waals surface area contributed by atoms with E-state index in [1.807, 2.05) is 53.4 Å². The molecule has 1 fully saturated rings. The number of aryl methyl sites for hydroxylation is 1. The quantitative estimate of drug-likeness (QED) is 0.675. The number of hydrogen-bond donors (Lipinski definition) is 0. The van der Waals surface area contributed by atoms with Gasteiger partial charge in [0.25, 0.3) is 0 Å². The molecule has 3 aromatic rings. The molecule has 4 rings (SSSR count). The molecule has 1 aliphatic rings. The zero-order valence-corrected chi connectivity index (χ0v) is 15.3. The zero-order chi connectivity index (χ0) is 18.5. The Balaban J connectivity index is 1.47. The molecule has 2 aromatic carbocycles. The topological polar surface area (TPSA) is 59.2 Å². The largest absolute Gasteiger partial charge is 0.337 e. The third kappa shape index (κ3) is 4.08. The first-order valence-electron chi connectivity index (χ1n) is 9.54. The number of rotatable bonds is 5. The van der Waals surface area contributed by atoms with Crippen LogP contribution in [0.1, 0.15) is 43.2 Å². The molecule has 0 N–H and O–H groups in total. The maximum atomic E-state index is 12.9. The standard InChI is InChI=1S/C22H23N3O2/c26-20(15-14-17-9-3-1-4-10-17)25-16-8-7-13-19(25)22-23-21(24-27-22)18-11-5-2-6-12-18/h1-6,9-12,19H,7-8,13-16H2. The van der Waals surface area contributed by atoms with E-state index in [2.05, 4.69) is 22.3 Å². The molecular weight excluding hydrogens is 338 g/mol. The fourth-order valence-electron chi connectivity index (χ4n) is 3.60. The second-order valence-corrected chi connectivity index (χ2v) is 6.91. The molecule has 5 heteroatoms. The van der Waals surface area contributed by atoms with Crippen molar-refractivity contribution in [3.05, 3.63) is 72.1 Å². The van der Waals surface area contributed by atoms with E-state index in [4.69, 9.17) is 4.52 Å². The van der Waals surface area contributed by atoms with Crippen LogP contribution >= 0.6 is 0 Å². The van der Waals surface area contributed by atoms with E-state index in [0.717, 1.165) is 37.8 Å². The molecule has 1 atom stereocenters. The maximum Gasteiger partial charge on any atom is 0.249 e. The van der Waals surface area contributed by atoms with Gasteiger partial charge in [0, 0.05) is 18.5 Å². The van der Waals surface area contributed by atoms with E-state index in [-0.39, 0.29) is 11.9 Å². The molecule has 2 heterocycles. The third-order valence-corrected chi connectivity index (χ3v) is 5.05. The fraction of sp³-hybridized carbons (Fsp3) is 0.318. The van der Waals surface area contributed by atoms with Gasteiger partial charge in [-0.05, 0) is 31.2 Å². The maximum absolute atomic E-state index is 12.9. The Morgan fingerprint density at radius 2 is 1.78 bits per heavy atom. The average Bonchev–Trinajstić information content (AvgIpc) is 3.23. The first-order valence-corrected chi connectivity index (χ1v) is 9.54. The first-order chi connectivity index (χ1) is 13.3. The normalized spacial score (nSPS) is 17.0. The minimum Gasteiger partial charge on any atom is -0.337 e. The highest BCUT2D eigenvalue weighted by Gasteiger charge is 2.31. The Hall–Kier alpha value is -2.95. The van der Waals surface area contributed by atoms with Crippen LogP contribution in [0, 0.1) is 0 Å². The Kier molecular flexibility index (Phi) is 5.28. The monoisotopic (exact) mass is 361 g/mol. The van der Waals surface area contributed by atoms with Crippen molar-refractivity contribution < 1.29 is 9.32 Å². The van der Waals surface area contributed by atoms with Crippen molar-refractivity contribution in [3.8, 4) is 11.4 Å². The molecule has 138 valence electrons. The number of hydrogen-bond acceptors (Lipinski definition) is 4. The lowest BCUT2D eigenvalue weighted by molar-refractivity contribution is -0.135. The summed E-state index contributed by atoms with van der Waals surface area (Å²) in [6.07, 6.45) is 4.21. The van der Waals surface area contributed by atoms with Crippen LogP contribution in [0.2, 0.25) is 0 Å². The average molecular weight is 361 g/mol. The number of carbonyl (C=O) groups excluding carboxylic acids is 1. The molecule has 0 saturated carbocycles. The Morgan fingerprint density at radius 1 is 1.04 bits per heavy atom. The summed E-state index contributed by atoms with van der Waals surface area (Å²) in [5, 5.41) is 4.12. The van der Waals surface area contributed by atoms with Crippen molar-refractivity contribution in [3.63, 3.8) is 0 Å². The molecule has 0 bridgehead atoms. The van der Waals surface area contributed by atoms with Gasteiger partial charge in [-0.15, -0.1) is 0 Å². The number of carbonyl (C=O) groups is 1. The van der Waals surface area contributed by atoms with E-state index in [1.165, 1.54) is 5.56 Å². The van der Waals surface area contributed by atoms with Crippen molar-refractivity contribution in [1.82, 2.24) is 15.0 Å². The fourth-order valence-corrected chi connectivity index (χ4v) is 3.60. The predicted octanol–water partition coefficient (Wildman–Crippen LogP) is 4.42. The predicted molar refractivity (Wildman–Crippen MR) is 103 cm³/mol. The number of benzene rings is 2. The summed E-state index contributed by atoms with van der Waals surface area (Å²) in [5.74, 6) is 1.28. The molecule has 1 amide bonds. The summed E-state index contributed by atoms with van der Waals surface area (Å²) >= 11 is 0. The summed E-state index contributed by atoms with van der Waals surface area (Å²) < 4.78 is 5.55. The summed E-state index contributed by atoms with van der Waals surface area (Å²) in [7, 11) is 0. The van der Waals surface area contributed by atoms with Gasteiger partial charge in [-0.25, -0.2) is 0 Å². The minimum atomic E-state index is -0.119. The molecule has 1 saturated heterocycles. The summed E-state index contributed by atoms with van der Waals surface area (Å²) in [6, 6.07) is 19.8. The highest BCUT2D eigenvalue weighted by atomic mass is 16.5. The van der Waals surface area contributed by atoms with Gasteiger partial charge in [-0.2, -0.15) is 4.98 Å². The van der Waals surface area contributed by atoms with E-state index in [9.17, 15) is 4.79 Å². The van der Waals surface area contributed by atoms with Gasteiger partial charge < -0.3 is 9.42 Å². The van der Waals surface area contributed by atoms with E-state index in [1.54, 1.807) is 0 Å². The van der Waals surface area contributed by atoms with E-state index in [0.29, 0.717) is 18.1 Å². The zero-order valence-electron chi connectivity index (χ0n) is 15.3. The van der Waals surface area contributed by atoms with Gasteiger partial charge in [-0.3, -0.25) is 4.79 Å². The molecule has 5 nitrogen and oxygen atoms in total. The van der Waals surface area contributed by atoms with Gasteiger partial charge >= 0.3 is 0 Å². The number of amides is 1. The number of nitrogens with zero attached hydrogens (tertiary/aromatic N) is 3. The second kappa shape index (κ2) is 8.16. The van der Waals surface area contributed by atoms with Gasteiger partial charge in [0.05, 0.1) is 0 Å². The van der Waals surface area contributed by atoms with Crippen molar-refractivity contribution in [2.45, 2.75) is 38.1 Å². The van der Waals surface area contributed by atoms with Crippen LogP contribution in [0.3, 0.4) is 0 Å². The Morgan fingerprint density at radius 3 is 2.56 bits per heavy atom. The lowest BCUT2D eigenvalue weighted by Crippen LogP contribution is -2.38. The SMILES string of the molecule is O=C(CCc1ccccc1)N1CCCCC1c1nc(-c2ccccc2)no1. The number of aromatic nitrogens is 2. The smallest absolute Gasteiger partial charge is 0.249 e. The molecule has 1 unspecified atom stereocenters. The summed E-state index contributed by atoms with van der Waals surface area (Å²) in [5.41, 5.74) is 2.11. The number of likely N-dealkylation sites (tertiary alicyclic amines) is 1. The highest BCUT2D eigenvalue weighted by molar-refractivity contribution is 5.77. The van der Waals surface area contributed by atoms with Crippen molar-refractivity contribution in [1.29, 1.82) is 0 Å². The lowest BCUT2D eigenvalue weighted by Gasteiger charge is -2.33. The number of piperidine rings is 1. The molecule has 0 aliphatic carbocycles. The van der Waals surface area contributed by atoms with Gasteiger partial charge in [0.2, 0.25) is 17.6 Å². The van der Waals surface area contributed by atoms with Crippen molar-refractivity contribution in [2.24, 2.45) is 0 Å². The lowest BCUT2D eigenvalue weighted by atomic mass is 10.0. The Bertz CT molecular complexity index is 877. The van der Waals surface area contributed by atoms with E-state index >= 15 is 0 Å². The highest BCUT2D eigenvalue weighted by Crippen LogP contribution is 2.31. The minimum absolute atomic E-state index is 0.119. The van der Waals surface area contributed by atoms with Crippen molar-refractivity contribution in [2.75, 3.05) is 6.54 Å². The molecule has 1 aromatic heterocycles. The third-order valence-electron chi connectivity index (χ3n) is 5.05. The molecular formula is C22H23N3O2. The van der Waals surface area contributed by atoms with Crippen LogP contribution in [0.5, 0.6) is 0 Å². The van der Waals surface area contributed by atoms with Crippen LogP contribution in [0.4, 0.5) is 0 Å². The summed E-state index contributed by atoms with van der Waals surface area (Å²) in [4.78, 5) is 19.4.